The molecule has 8 nitrogen and oxygen atoms in total. The van der Waals surface area contributed by atoms with Gasteiger partial charge in [0, 0.05) is 0 Å². The summed E-state index contributed by atoms with van der Waals surface area (Å²) in [7, 11) is -10.6. The Morgan fingerprint density at radius 2 is 1.53 bits per heavy atom. The third-order valence-corrected chi connectivity index (χ3v) is 5.57. The Morgan fingerprint density at radius 1 is 1.05 bits per heavy atom. The topological polar surface area (TPSA) is 141 Å². The summed E-state index contributed by atoms with van der Waals surface area (Å²) in [6, 6.07) is 8.16. The van der Waals surface area contributed by atoms with E-state index in [9.17, 15) is 13.9 Å². The van der Waals surface area contributed by atoms with Crippen LogP contribution in [0.25, 0.3) is 0 Å². The van der Waals surface area contributed by atoms with Crippen LogP contribution in [-0.4, -0.2) is 30.9 Å². The maximum atomic E-state index is 11.4. The Balaban J connectivity index is 2.80. The fraction of sp³-hybridized carbons (Fsp3) is 0.222. The lowest BCUT2D eigenvalue weighted by Gasteiger charge is -2.18. The molecule has 0 heterocycles. The molecular formula is C9H12O8P2. The highest BCUT2D eigenvalue weighted by atomic mass is 31.2. The molecule has 1 aromatic rings. The summed E-state index contributed by atoms with van der Waals surface area (Å²) in [5.74, 6) is -1.63. The molecule has 0 spiro atoms. The van der Waals surface area contributed by atoms with Gasteiger partial charge in [-0.3, -0.25) is 13.9 Å². The quantitative estimate of drug-likeness (QED) is 0.452. The maximum Gasteiger partial charge on any atom is 0.352 e. The lowest BCUT2D eigenvalue weighted by atomic mass is 10.2. The van der Waals surface area contributed by atoms with Crippen LogP contribution in [0.5, 0.6) is 0 Å². The van der Waals surface area contributed by atoms with E-state index in [0.29, 0.717) is 5.56 Å². The van der Waals surface area contributed by atoms with E-state index < -0.39 is 26.6 Å². The lowest BCUT2D eigenvalue weighted by molar-refractivity contribution is -0.143. The number of carbonyl (C=O) groups excluding carboxylic acids is 1. The van der Waals surface area contributed by atoms with Gasteiger partial charge >= 0.3 is 21.2 Å². The van der Waals surface area contributed by atoms with E-state index in [1.165, 1.54) is 0 Å². The van der Waals surface area contributed by atoms with Gasteiger partial charge < -0.3 is 24.3 Å². The first-order valence-corrected chi connectivity index (χ1v) is 8.29. The van der Waals surface area contributed by atoms with Gasteiger partial charge in [0.1, 0.15) is 6.61 Å². The smallest absolute Gasteiger partial charge is 0.352 e. The standard InChI is InChI=1S/C9H12O8P2/c10-8(9(18(11,12)13)19(14,15)16)17-6-7-4-2-1-3-5-7/h1-5,9H,6H2,(H2,11,12,13)(H2,14,15,16). The van der Waals surface area contributed by atoms with Crippen molar-refractivity contribution in [2.24, 2.45) is 0 Å². The summed E-state index contributed by atoms with van der Waals surface area (Å²) in [6.45, 7) is -0.337. The minimum atomic E-state index is -5.31. The molecule has 0 bridgehead atoms. The number of benzene rings is 1. The molecule has 0 aromatic heterocycles. The highest BCUT2D eigenvalue weighted by molar-refractivity contribution is 7.72. The first-order valence-electron chi connectivity index (χ1n) is 4.93. The van der Waals surface area contributed by atoms with E-state index in [2.05, 4.69) is 4.74 Å². The third kappa shape index (κ3) is 4.87. The lowest BCUT2D eigenvalue weighted by Crippen LogP contribution is -2.23. The number of carbonyl (C=O) groups is 1. The van der Waals surface area contributed by atoms with Crippen molar-refractivity contribution in [1.82, 2.24) is 0 Å². The zero-order chi connectivity index (χ0) is 14.7. The molecule has 0 aliphatic rings. The Bertz CT molecular complexity index is 508. The summed E-state index contributed by atoms with van der Waals surface area (Å²) in [6.07, 6.45) is 0. The Labute approximate surface area is 108 Å². The molecule has 19 heavy (non-hydrogen) atoms. The van der Waals surface area contributed by atoms with Crippen LogP contribution >= 0.6 is 15.2 Å². The van der Waals surface area contributed by atoms with Crippen molar-refractivity contribution in [3.05, 3.63) is 35.9 Å². The summed E-state index contributed by atoms with van der Waals surface area (Å²) < 4.78 is 26.4. The highest BCUT2D eigenvalue weighted by Gasteiger charge is 2.50. The van der Waals surface area contributed by atoms with Crippen LogP contribution in [0.2, 0.25) is 0 Å². The molecule has 0 amide bonds. The minimum absolute atomic E-state index is 0.337. The van der Waals surface area contributed by atoms with Crippen LogP contribution in [0, 0.1) is 0 Å². The number of rotatable bonds is 5. The molecule has 1 rings (SSSR count). The van der Waals surface area contributed by atoms with Crippen LogP contribution in [0.1, 0.15) is 5.56 Å². The molecule has 0 radical (unpaired) electrons. The van der Waals surface area contributed by atoms with Crippen LogP contribution in [-0.2, 0) is 25.3 Å². The summed E-state index contributed by atoms with van der Waals surface area (Å²) in [5, 5.41) is -2.79. The second-order valence-electron chi connectivity index (χ2n) is 3.65. The average Bonchev–Trinajstić information content (AvgIpc) is 2.24. The Kier molecular flexibility index (Phi) is 5.04. The van der Waals surface area contributed by atoms with Crippen molar-refractivity contribution in [1.29, 1.82) is 0 Å². The second-order valence-corrected chi connectivity index (χ2v) is 7.44. The molecule has 0 unspecified atom stereocenters. The predicted molar refractivity (Wildman–Crippen MR) is 64.1 cm³/mol. The summed E-state index contributed by atoms with van der Waals surface area (Å²) in [5.41, 5.74) is 0.519. The minimum Gasteiger partial charge on any atom is -0.460 e. The van der Waals surface area contributed by atoms with Gasteiger partial charge in [-0.05, 0) is 5.56 Å². The number of hydrogen-bond donors (Lipinski definition) is 4. The first-order chi connectivity index (χ1) is 8.62. The zero-order valence-corrected chi connectivity index (χ0v) is 11.3. The van der Waals surface area contributed by atoms with Crippen molar-refractivity contribution in [3.63, 3.8) is 0 Å². The van der Waals surface area contributed by atoms with Crippen molar-refractivity contribution < 1.29 is 38.2 Å². The van der Waals surface area contributed by atoms with Gasteiger partial charge in [-0.1, -0.05) is 30.3 Å². The fourth-order valence-corrected chi connectivity index (χ4v) is 3.54. The van der Waals surface area contributed by atoms with Gasteiger partial charge in [-0.15, -0.1) is 0 Å². The SMILES string of the molecule is O=C(OCc1ccccc1)C(P(=O)(O)O)P(=O)(O)O. The third-order valence-electron chi connectivity index (χ3n) is 2.07. The highest BCUT2D eigenvalue weighted by Crippen LogP contribution is 2.60. The van der Waals surface area contributed by atoms with Crippen molar-refractivity contribution >= 4 is 21.2 Å². The average molecular weight is 310 g/mol. The maximum absolute atomic E-state index is 11.4. The molecule has 1 aromatic carbocycles. The van der Waals surface area contributed by atoms with Crippen molar-refractivity contribution in [2.45, 2.75) is 12.0 Å². The van der Waals surface area contributed by atoms with Gasteiger partial charge in [0.05, 0.1) is 0 Å². The molecule has 0 atom stereocenters. The molecule has 10 heteroatoms. The van der Waals surface area contributed by atoms with Crippen molar-refractivity contribution in [2.75, 3.05) is 0 Å². The molecular weight excluding hydrogens is 298 g/mol. The van der Waals surface area contributed by atoms with E-state index in [1.54, 1.807) is 30.3 Å². The van der Waals surface area contributed by atoms with Gasteiger partial charge in [0.2, 0.25) is 0 Å². The van der Waals surface area contributed by atoms with Crippen LogP contribution < -0.4 is 0 Å². The predicted octanol–water partition coefficient (Wildman–Crippen LogP) is 0.411. The number of esters is 1. The first kappa shape index (κ1) is 16.0. The van der Waals surface area contributed by atoms with Gasteiger partial charge in [-0.2, -0.15) is 0 Å². The van der Waals surface area contributed by atoms with E-state index >= 15 is 0 Å². The number of ether oxygens (including phenoxy) is 1. The summed E-state index contributed by atoms with van der Waals surface area (Å²) >= 11 is 0. The largest absolute Gasteiger partial charge is 0.460 e. The molecule has 0 fully saturated rings. The Hall–Kier alpha value is -1.01. The van der Waals surface area contributed by atoms with Crippen LogP contribution in [0.4, 0.5) is 0 Å². The van der Waals surface area contributed by atoms with E-state index in [-0.39, 0.29) is 6.61 Å². The van der Waals surface area contributed by atoms with E-state index in [0.717, 1.165) is 0 Å². The molecule has 0 aliphatic carbocycles. The number of hydrogen-bond acceptors (Lipinski definition) is 4. The monoisotopic (exact) mass is 310 g/mol. The fourth-order valence-electron chi connectivity index (χ4n) is 1.27. The molecule has 0 aliphatic heterocycles. The van der Waals surface area contributed by atoms with Gasteiger partial charge in [-0.25, -0.2) is 0 Å². The Morgan fingerprint density at radius 3 is 1.95 bits per heavy atom. The molecule has 0 saturated carbocycles. The van der Waals surface area contributed by atoms with Crippen LogP contribution in [0.15, 0.2) is 30.3 Å². The zero-order valence-electron chi connectivity index (χ0n) is 9.49. The molecule has 4 N–H and O–H groups in total. The van der Waals surface area contributed by atoms with Gasteiger partial charge in [0.25, 0.3) is 5.40 Å². The van der Waals surface area contributed by atoms with Crippen LogP contribution in [0.3, 0.4) is 0 Å². The van der Waals surface area contributed by atoms with E-state index in [1.807, 2.05) is 0 Å². The second kappa shape index (κ2) is 5.96. The molecule has 0 saturated heterocycles. The van der Waals surface area contributed by atoms with E-state index in [4.69, 9.17) is 19.6 Å². The summed E-state index contributed by atoms with van der Waals surface area (Å²) in [4.78, 5) is 46.6. The normalized spacial score (nSPS) is 12.5. The van der Waals surface area contributed by atoms with Gasteiger partial charge in [0.15, 0.2) is 0 Å². The molecule has 106 valence electrons. The van der Waals surface area contributed by atoms with Crippen molar-refractivity contribution in [3.8, 4) is 0 Å².